The van der Waals surface area contributed by atoms with Crippen molar-refractivity contribution in [1.82, 2.24) is 29.4 Å². The number of aryl methyl sites for hydroxylation is 5. The van der Waals surface area contributed by atoms with Crippen LogP contribution in [-0.2, 0) is 42.0 Å². The van der Waals surface area contributed by atoms with Crippen molar-refractivity contribution < 1.29 is 14.3 Å². The van der Waals surface area contributed by atoms with Crippen LogP contribution >= 0.6 is 0 Å². The molecule has 9 heteroatoms. The Bertz CT molecular complexity index is 1230. The average Bonchev–Trinajstić information content (AvgIpc) is 3.44. The molecule has 5 rings (SSSR count). The fourth-order valence-corrected chi connectivity index (χ4v) is 5.12. The number of fused-ring (bicyclic) bond motifs is 1. The first-order valence-corrected chi connectivity index (χ1v) is 12.8. The van der Waals surface area contributed by atoms with Gasteiger partial charge in [-0.1, -0.05) is 30.3 Å². The van der Waals surface area contributed by atoms with Gasteiger partial charge in [-0.3, -0.25) is 19.0 Å². The summed E-state index contributed by atoms with van der Waals surface area (Å²) in [5.41, 5.74) is 5.70. The van der Waals surface area contributed by atoms with Crippen LogP contribution in [0.2, 0.25) is 0 Å². The molecule has 0 spiro atoms. The maximum atomic E-state index is 13.5. The van der Waals surface area contributed by atoms with Crippen LogP contribution in [0.15, 0.2) is 36.4 Å². The van der Waals surface area contributed by atoms with Gasteiger partial charge in [0, 0.05) is 69.1 Å². The molecule has 0 unspecified atom stereocenters. The minimum absolute atomic E-state index is 0.0649. The molecular weight excluding hydrogens is 456 g/mol. The lowest BCUT2D eigenvalue weighted by molar-refractivity contribution is -0.132. The van der Waals surface area contributed by atoms with Crippen molar-refractivity contribution in [1.29, 1.82) is 0 Å². The quantitative estimate of drug-likeness (QED) is 0.508. The van der Waals surface area contributed by atoms with Gasteiger partial charge >= 0.3 is 0 Å². The van der Waals surface area contributed by atoms with Crippen LogP contribution in [0.25, 0.3) is 0 Å². The number of hydrogen-bond acceptors (Lipinski definition) is 5. The standard InChI is InChI=1S/C27H34N6O3/c1-20-18-21(2)32(28-20)13-10-25(34)31-11-9-24-23(19-31)26(27(35)30-14-16-36-17-15-30)29-33(24)12-8-22-6-4-3-5-7-22/h3-7,18H,8-17,19H2,1-2H3. The van der Waals surface area contributed by atoms with E-state index in [1.165, 1.54) is 5.56 Å². The Balaban J connectivity index is 1.34. The highest BCUT2D eigenvalue weighted by Gasteiger charge is 2.32. The van der Waals surface area contributed by atoms with E-state index in [1.54, 1.807) is 0 Å². The second kappa shape index (κ2) is 10.7. The summed E-state index contributed by atoms with van der Waals surface area (Å²) in [5.74, 6) is 0.0139. The number of ether oxygens (including phenoxy) is 1. The van der Waals surface area contributed by atoms with Gasteiger partial charge in [0.25, 0.3) is 5.91 Å². The summed E-state index contributed by atoms with van der Waals surface area (Å²) in [6.07, 6.45) is 1.91. The molecule has 2 aliphatic heterocycles. The maximum absolute atomic E-state index is 13.5. The SMILES string of the molecule is Cc1cc(C)n(CCC(=O)N2CCc3c(c(C(=O)N4CCOCC4)nn3CCc3ccccc3)C2)n1. The van der Waals surface area contributed by atoms with Crippen LogP contribution in [0.1, 0.15) is 45.1 Å². The molecule has 3 aromatic rings. The zero-order valence-electron chi connectivity index (χ0n) is 21.2. The molecule has 2 aliphatic rings. The van der Waals surface area contributed by atoms with Crippen LogP contribution < -0.4 is 0 Å². The Labute approximate surface area is 211 Å². The van der Waals surface area contributed by atoms with Crippen molar-refractivity contribution in [3.05, 3.63) is 70.3 Å². The molecule has 0 saturated carbocycles. The number of morpholine rings is 1. The molecule has 1 aromatic carbocycles. The molecular formula is C27H34N6O3. The van der Waals surface area contributed by atoms with Crippen molar-refractivity contribution in [3.8, 4) is 0 Å². The summed E-state index contributed by atoms with van der Waals surface area (Å²) in [7, 11) is 0. The van der Waals surface area contributed by atoms with Gasteiger partial charge in [-0.2, -0.15) is 10.2 Å². The molecule has 1 saturated heterocycles. The number of carbonyl (C=O) groups is 2. The summed E-state index contributed by atoms with van der Waals surface area (Å²) >= 11 is 0. The van der Waals surface area contributed by atoms with E-state index in [2.05, 4.69) is 17.2 Å². The van der Waals surface area contributed by atoms with E-state index in [1.807, 2.05) is 57.3 Å². The molecule has 1 fully saturated rings. The van der Waals surface area contributed by atoms with E-state index < -0.39 is 0 Å². The maximum Gasteiger partial charge on any atom is 0.274 e. The summed E-state index contributed by atoms with van der Waals surface area (Å²) < 4.78 is 9.31. The molecule has 190 valence electrons. The van der Waals surface area contributed by atoms with Gasteiger partial charge in [0.05, 0.1) is 18.9 Å². The number of hydrogen-bond donors (Lipinski definition) is 0. The first-order valence-electron chi connectivity index (χ1n) is 12.8. The minimum Gasteiger partial charge on any atom is -0.378 e. The Kier molecular flexibility index (Phi) is 7.18. The Morgan fingerprint density at radius 2 is 1.72 bits per heavy atom. The van der Waals surface area contributed by atoms with E-state index in [-0.39, 0.29) is 11.8 Å². The third-order valence-electron chi connectivity index (χ3n) is 7.08. The second-order valence-electron chi connectivity index (χ2n) is 9.60. The van der Waals surface area contributed by atoms with E-state index in [0.717, 1.165) is 29.1 Å². The highest BCUT2D eigenvalue weighted by atomic mass is 16.5. The second-order valence-corrected chi connectivity index (χ2v) is 9.60. The van der Waals surface area contributed by atoms with Gasteiger partial charge in [0.2, 0.25) is 5.91 Å². The first kappa shape index (κ1) is 24.2. The van der Waals surface area contributed by atoms with Gasteiger partial charge in [-0.15, -0.1) is 0 Å². The van der Waals surface area contributed by atoms with Crippen molar-refractivity contribution in [2.45, 2.75) is 52.7 Å². The topological polar surface area (TPSA) is 85.5 Å². The number of aromatic nitrogens is 4. The van der Waals surface area contributed by atoms with E-state index in [4.69, 9.17) is 9.84 Å². The lowest BCUT2D eigenvalue weighted by atomic mass is 10.0. The molecule has 0 radical (unpaired) electrons. The zero-order valence-corrected chi connectivity index (χ0v) is 21.2. The number of rotatable bonds is 7. The van der Waals surface area contributed by atoms with Crippen molar-refractivity contribution >= 4 is 11.8 Å². The fourth-order valence-electron chi connectivity index (χ4n) is 5.12. The van der Waals surface area contributed by atoms with E-state index in [9.17, 15) is 9.59 Å². The van der Waals surface area contributed by atoms with E-state index >= 15 is 0 Å². The zero-order chi connectivity index (χ0) is 25.1. The van der Waals surface area contributed by atoms with Crippen LogP contribution in [0.4, 0.5) is 0 Å². The number of nitrogens with zero attached hydrogens (tertiary/aromatic N) is 6. The van der Waals surface area contributed by atoms with Gasteiger partial charge in [0.1, 0.15) is 0 Å². The average molecular weight is 491 g/mol. The summed E-state index contributed by atoms with van der Waals surface area (Å²) in [4.78, 5) is 30.3. The number of amides is 2. The normalized spacial score (nSPS) is 15.7. The smallest absolute Gasteiger partial charge is 0.274 e. The third-order valence-corrected chi connectivity index (χ3v) is 7.08. The molecule has 0 aliphatic carbocycles. The number of benzene rings is 1. The predicted octanol–water partition coefficient (Wildman–Crippen LogP) is 2.39. The molecule has 0 N–H and O–H groups in total. The molecule has 2 amide bonds. The molecule has 36 heavy (non-hydrogen) atoms. The molecule has 4 heterocycles. The van der Waals surface area contributed by atoms with Gasteiger partial charge in [0.15, 0.2) is 5.69 Å². The van der Waals surface area contributed by atoms with E-state index in [0.29, 0.717) is 71.0 Å². The molecule has 0 bridgehead atoms. The lowest BCUT2D eigenvalue weighted by Crippen LogP contribution is -2.42. The first-order chi connectivity index (χ1) is 17.5. The monoisotopic (exact) mass is 490 g/mol. The number of carbonyl (C=O) groups excluding carboxylic acids is 2. The van der Waals surface area contributed by atoms with Crippen LogP contribution in [-0.4, -0.2) is 74.0 Å². The Morgan fingerprint density at radius 1 is 0.944 bits per heavy atom. The summed E-state index contributed by atoms with van der Waals surface area (Å²) in [6.45, 7) is 8.48. The Morgan fingerprint density at radius 3 is 2.44 bits per heavy atom. The molecule has 2 aromatic heterocycles. The largest absolute Gasteiger partial charge is 0.378 e. The third kappa shape index (κ3) is 5.21. The van der Waals surface area contributed by atoms with Gasteiger partial charge in [-0.05, 0) is 31.9 Å². The summed E-state index contributed by atoms with van der Waals surface area (Å²) in [6, 6.07) is 12.3. The van der Waals surface area contributed by atoms with Crippen molar-refractivity contribution in [2.75, 3.05) is 32.8 Å². The predicted molar refractivity (Wildman–Crippen MR) is 135 cm³/mol. The van der Waals surface area contributed by atoms with Crippen LogP contribution in [0.5, 0.6) is 0 Å². The summed E-state index contributed by atoms with van der Waals surface area (Å²) in [5, 5.41) is 9.29. The van der Waals surface area contributed by atoms with Crippen LogP contribution in [0, 0.1) is 13.8 Å². The lowest BCUT2D eigenvalue weighted by Gasteiger charge is -2.29. The van der Waals surface area contributed by atoms with Crippen molar-refractivity contribution in [3.63, 3.8) is 0 Å². The van der Waals surface area contributed by atoms with Crippen LogP contribution in [0.3, 0.4) is 0 Å². The van der Waals surface area contributed by atoms with Gasteiger partial charge < -0.3 is 14.5 Å². The fraction of sp³-hybridized carbons (Fsp3) is 0.481. The molecule has 9 nitrogen and oxygen atoms in total. The van der Waals surface area contributed by atoms with Gasteiger partial charge in [-0.25, -0.2) is 0 Å². The Hall–Kier alpha value is -3.46. The highest BCUT2D eigenvalue weighted by molar-refractivity contribution is 5.94. The van der Waals surface area contributed by atoms with Crippen molar-refractivity contribution in [2.24, 2.45) is 0 Å². The minimum atomic E-state index is -0.0649. The highest BCUT2D eigenvalue weighted by Crippen LogP contribution is 2.25. The molecule has 0 atom stereocenters.